The quantitative estimate of drug-likeness (QED) is 0.466. The van der Waals surface area contributed by atoms with Gasteiger partial charge in [0.1, 0.15) is 0 Å². The molecule has 1 aromatic carbocycles. The van der Waals surface area contributed by atoms with Crippen LogP contribution in [0.2, 0.25) is 5.02 Å². The van der Waals surface area contributed by atoms with E-state index in [9.17, 15) is 0 Å². The monoisotopic (exact) mass is 203 g/mol. The summed E-state index contributed by atoms with van der Waals surface area (Å²) in [5.74, 6) is 0.603. The lowest BCUT2D eigenvalue weighted by molar-refractivity contribution is 0.259. The number of hydrogen-bond donors (Lipinski definition) is 1. The molecule has 0 spiro atoms. The molecule has 0 heterocycles. The van der Waals surface area contributed by atoms with Crippen molar-refractivity contribution in [1.29, 1.82) is 0 Å². The zero-order valence-electron chi connectivity index (χ0n) is 6.71. The number of thioether (sulfide) groups is 1. The van der Waals surface area contributed by atoms with E-state index in [0.717, 1.165) is 4.90 Å². The Hall–Kier alpha value is -0.380. The fourth-order valence-corrected chi connectivity index (χ4v) is 1.59. The number of nitrogens with two attached hydrogens (primary N) is 1. The summed E-state index contributed by atoms with van der Waals surface area (Å²) in [6, 6.07) is 5.44. The Bertz CT molecular complexity index is 267. The van der Waals surface area contributed by atoms with Gasteiger partial charge in [-0.2, -0.15) is 0 Å². The van der Waals surface area contributed by atoms with Gasteiger partial charge in [0.2, 0.25) is 0 Å². The maximum absolute atomic E-state index is 5.73. The molecule has 0 aliphatic carbocycles. The van der Waals surface area contributed by atoms with Gasteiger partial charge in [0.05, 0.1) is 5.94 Å². The predicted molar refractivity (Wildman–Crippen MR) is 53.6 cm³/mol. The van der Waals surface area contributed by atoms with Crippen LogP contribution in [0.5, 0.6) is 0 Å². The summed E-state index contributed by atoms with van der Waals surface area (Å²) >= 11 is 7.28. The van der Waals surface area contributed by atoms with Crippen LogP contribution >= 0.6 is 23.4 Å². The number of anilines is 1. The van der Waals surface area contributed by atoms with Crippen LogP contribution in [0.4, 0.5) is 5.69 Å². The van der Waals surface area contributed by atoms with Crippen LogP contribution in [-0.4, -0.2) is 13.0 Å². The zero-order valence-corrected chi connectivity index (χ0v) is 8.28. The molecule has 1 rings (SSSR count). The van der Waals surface area contributed by atoms with Crippen LogP contribution in [0.25, 0.3) is 0 Å². The summed E-state index contributed by atoms with van der Waals surface area (Å²) in [6.07, 6.45) is 0. The molecule has 0 radical (unpaired) electrons. The molecule has 2 N–H and O–H groups in total. The summed E-state index contributed by atoms with van der Waals surface area (Å²) < 4.78 is 4.91. The largest absolute Gasteiger partial charge is 0.398 e. The Labute approximate surface area is 81.0 Å². The molecular weight excluding hydrogens is 194 g/mol. The third kappa shape index (κ3) is 2.59. The molecule has 0 unspecified atom stereocenters. The molecule has 12 heavy (non-hydrogen) atoms. The van der Waals surface area contributed by atoms with Gasteiger partial charge < -0.3 is 10.5 Å². The second-order valence-electron chi connectivity index (χ2n) is 2.23. The first-order chi connectivity index (χ1) is 5.74. The van der Waals surface area contributed by atoms with Crippen molar-refractivity contribution in [2.75, 3.05) is 18.8 Å². The average Bonchev–Trinajstić information content (AvgIpc) is 2.03. The van der Waals surface area contributed by atoms with Gasteiger partial charge in [0, 0.05) is 22.7 Å². The number of ether oxygens (including phenoxy) is 1. The zero-order chi connectivity index (χ0) is 8.97. The Morgan fingerprint density at radius 2 is 2.33 bits per heavy atom. The van der Waals surface area contributed by atoms with E-state index in [1.54, 1.807) is 24.9 Å². The van der Waals surface area contributed by atoms with Gasteiger partial charge in [0.15, 0.2) is 0 Å². The molecule has 0 aliphatic rings. The van der Waals surface area contributed by atoms with Crippen LogP contribution in [-0.2, 0) is 4.74 Å². The third-order valence-electron chi connectivity index (χ3n) is 1.30. The van der Waals surface area contributed by atoms with Gasteiger partial charge in [-0.1, -0.05) is 23.4 Å². The third-order valence-corrected chi connectivity index (χ3v) is 2.58. The Morgan fingerprint density at radius 3 is 2.92 bits per heavy atom. The Balaban J connectivity index is 2.72. The average molecular weight is 204 g/mol. The fourth-order valence-electron chi connectivity index (χ4n) is 0.773. The minimum Gasteiger partial charge on any atom is -0.398 e. The SMILES string of the molecule is COCSc1ccc(Cl)cc1N. The lowest BCUT2D eigenvalue weighted by Gasteiger charge is -2.03. The van der Waals surface area contributed by atoms with Crippen molar-refractivity contribution in [3.8, 4) is 0 Å². The van der Waals surface area contributed by atoms with Crippen LogP contribution in [0.15, 0.2) is 23.1 Å². The van der Waals surface area contributed by atoms with Crippen LogP contribution in [0.1, 0.15) is 0 Å². The van der Waals surface area contributed by atoms with E-state index in [4.69, 9.17) is 22.1 Å². The molecule has 0 atom stereocenters. The van der Waals surface area contributed by atoms with Crippen molar-refractivity contribution in [2.45, 2.75) is 4.90 Å². The lowest BCUT2D eigenvalue weighted by Crippen LogP contribution is -1.89. The number of rotatable bonds is 3. The summed E-state index contributed by atoms with van der Waals surface area (Å²) in [6.45, 7) is 0. The maximum Gasteiger partial charge on any atom is 0.0963 e. The van der Waals surface area contributed by atoms with E-state index in [1.165, 1.54) is 0 Å². The van der Waals surface area contributed by atoms with Crippen LogP contribution in [0.3, 0.4) is 0 Å². The van der Waals surface area contributed by atoms with Crippen molar-refractivity contribution in [3.63, 3.8) is 0 Å². The lowest BCUT2D eigenvalue weighted by atomic mass is 10.3. The second-order valence-corrected chi connectivity index (χ2v) is 3.63. The first-order valence-electron chi connectivity index (χ1n) is 3.41. The van der Waals surface area contributed by atoms with Crippen molar-refractivity contribution in [3.05, 3.63) is 23.2 Å². The first kappa shape index (κ1) is 9.71. The highest BCUT2D eigenvalue weighted by Gasteiger charge is 1.99. The van der Waals surface area contributed by atoms with Gasteiger partial charge in [-0.3, -0.25) is 0 Å². The van der Waals surface area contributed by atoms with Gasteiger partial charge in [-0.05, 0) is 18.2 Å². The molecule has 0 saturated heterocycles. The van der Waals surface area contributed by atoms with Gasteiger partial charge >= 0.3 is 0 Å². The minimum atomic E-state index is 0.603. The predicted octanol–water partition coefficient (Wildman–Crippen LogP) is 2.62. The van der Waals surface area contributed by atoms with E-state index >= 15 is 0 Å². The maximum atomic E-state index is 5.73. The topological polar surface area (TPSA) is 35.2 Å². The van der Waals surface area contributed by atoms with Crippen molar-refractivity contribution in [2.24, 2.45) is 0 Å². The van der Waals surface area contributed by atoms with Gasteiger partial charge in [0.25, 0.3) is 0 Å². The molecule has 0 saturated carbocycles. The summed E-state index contributed by atoms with van der Waals surface area (Å²) in [5, 5.41) is 0.661. The van der Waals surface area contributed by atoms with Gasteiger partial charge in [-0.15, -0.1) is 0 Å². The van der Waals surface area contributed by atoms with E-state index in [2.05, 4.69) is 0 Å². The number of halogens is 1. The van der Waals surface area contributed by atoms with Gasteiger partial charge in [-0.25, -0.2) is 0 Å². The molecule has 0 bridgehead atoms. The summed E-state index contributed by atoms with van der Waals surface area (Å²) in [7, 11) is 1.65. The molecule has 66 valence electrons. The molecule has 2 nitrogen and oxygen atoms in total. The Kier molecular flexibility index (Phi) is 3.72. The van der Waals surface area contributed by atoms with Crippen molar-refractivity contribution < 1.29 is 4.74 Å². The second kappa shape index (κ2) is 4.60. The molecule has 0 aromatic heterocycles. The standard InChI is InChI=1S/C8H10ClNOS/c1-11-5-12-8-3-2-6(9)4-7(8)10/h2-4H,5,10H2,1H3. The smallest absolute Gasteiger partial charge is 0.0963 e. The summed E-state index contributed by atoms with van der Waals surface area (Å²) in [4.78, 5) is 1.00. The van der Waals surface area contributed by atoms with Crippen LogP contribution < -0.4 is 5.73 Å². The number of benzene rings is 1. The van der Waals surface area contributed by atoms with Crippen molar-refractivity contribution in [1.82, 2.24) is 0 Å². The van der Waals surface area contributed by atoms with E-state index in [-0.39, 0.29) is 0 Å². The number of nitrogen functional groups attached to an aromatic ring is 1. The number of methoxy groups -OCH3 is 1. The highest BCUT2D eigenvalue weighted by Crippen LogP contribution is 2.27. The highest BCUT2D eigenvalue weighted by atomic mass is 35.5. The molecular formula is C8H10ClNOS. The highest BCUT2D eigenvalue weighted by molar-refractivity contribution is 7.99. The first-order valence-corrected chi connectivity index (χ1v) is 4.77. The Morgan fingerprint density at radius 1 is 1.58 bits per heavy atom. The van der Waals surface area contributed by atoms with E-state index in [0.29, 0.717) is 16.6 Å². The molecule has 4 heteroatoms. The fraction of sp³-hybridized carbons (Fsp3) is 0.250. The van der Waals surface area contributed by atoms with Crippen molar-refractivity contribution >= 4 is 29.1 Å². The van der Waals surface area contributed by atoms with Crippen LogP contribution in [0, 0.1) is 0 Å². The van der Waals surface area contributed by atoms with E-state index < -0.39 is 0 Å². The molecule has 0 amide bonds. The molecule has 0 aliphatic heterocycles. The minimum absolute atomic E-state index is 0.603. The normalized spacial score (nSPS) is 10.2. The molecule has 1 aromatic rings. The number of hydrogen-bond acceptors (Lipinski definition) is 3. The summed E-state index contributed by atoms with van der Waals surface area (Å²) in [5.41, 5.74) is 6.40. The molecule has 0 fully saturated rings. The van der Waals surface area contributed by atoms with E-state index in [1.807, 2.05) is 12.1 Å².